The van der Waals surface area contributed by atoms with Crippen LogP contribution in [0.15, 0.2) is 60.7 Å². The largest absolute Gasteiger partial charge is 0.497 e. The van der Waals surface area contributed by atoms with Crippen LogP contribution in [0.3, 0.4) is 0 Å². The number of alkyl carbamates (subject to hydrolysis) is 1. The first kappa shape index (κ1) is 23.2. The van der Waals surface area contributed by atoms with E-state index >= 15 is 0 Å². The molecule has 1 aliphatic rings. The lowest BCUT2D eigenvalue weighted by molar-refractivity contribution is -0.130. The molecule has 0 bridgehead atoms. The maximum absolute atomic E-state index is 12.8. The fraction of sp³-hybridized carbons (Fsp3) is 0.360. The van der Waals surface area contributed by atoms with Gasteiger partial charge in [-0.05, 0) is 30.7 Å². The van der Waals surface area contributed by atoms with E-state index in [0.717, 1.165) is 11.1 Å². The molecule has 32 heavy (non-hydrogen) atoms. The van der Waals surface area contributed by atoms with Crippen LogP contribution < -0.4 is 14.8 Å². The first-order chi connectivity index (χ1) is 15.5. The number of piperidine rings is 1. The Morgan fingerprint density at radius 3 is 2.41 bits per heavy atom. The number of likely N-dealkylation sites (tertiary alicyclic amines) is 1. The normalized spacial score (nSPS) is 15.3. The maximum atomic E-state index is 12.8. The van der Waals surface area contributed by atoms with E-state index < -0.39 is 11.7 Å². The molecule has 7 heteroatoms. The SMILES string of the molecule is CC=CC(=O)N1CCC(OC(=O)NCc2ccc(OC)cc2OC)(c2ccccc2)CC1. The number of nitrogens with one attached hydrogen (secondary N) is 1. The van der Waals surface area contributed by atoms with Crippen molar-refractivity contribution < 1.29 is 23.8 Å². The number of methoxy groups -OCH3 is 2. The van der Waals surface area contributed by atoms with Gasteiger partial charge >= 0.3 is 6.09 Å². The molecule has 7 nitrogen and oxygen atoms in total. The van der Waals surface area contributed by atoms with Gasteiger partial charge in [0.25, 0.3) is 0 Å². The van der Waals surface area contributed by atoms with Gasteiger partial charge in [0.1, 0.15) is 17.1 Å². The molecule has 0 spiro atoms. The first-order valence-electron chi connectivity index (χ1n) is 10.7. The number of carbonyl (C=O) groups excluding carboxylic acids is 2. The minimum atomic E-state index is -0.790. The van der Waals surface area contributed by atoms with Crippen molar-refractivity contribution in [3.05, 3.63) is 71.8 Å². The molecule has 1 saturated heterocycles. The summed E-state index contributed by atoms with van der Waals surface area (Å²) in [5.74, 6) is 1.28. The van der Waals surface area contributed by atoms with E-state index in [2.05, 4.69) is 5.32 Å². The van der Waals surface area contributed by atoms with Gasteiger partial charge in [0.2, 0.25) is 5.91 Å². The van der Waals surface area contributed by atoms with Gasteiger partial charge < -0.3 is 24.4 Å². The Hall–Kier alpha value is -3.48. The van der Waals surface area contributed by atoms with Gasteiger partial charge in [-0.25, -0.2) is 4.79 Å². The molecule has 2 amide bonds. The van der Waals surface area contributed by atoms with Crippen LogP contribution in [0.25, 0.3) is 0 Å². The average Bonchev–Trinajstić information content (AvgIpc) is 2.83. The standard InChI is InChI=1S/C25H30N2O5/c1-4-8-23(28)27-15-13-25(14-16-27,20-9-6-5-7-10-20)32-24(29)26-18-19-11-12-21(30-2)17-22(19)31-3/h4-12,17H,13-16,18H2,1-3H3,(H,26,29). The van der Waals surface area contributed by atoms with Crippen molar-refractivity contribution in [1.29, 1.82) is 0 Å². The van der Waals surface area contributed by atoms with E-state index in [9.17, 15) is 9.59 Å². The Bertz CT molecular complexity index is 950. The van der Waals surface area contributed by atoms with Gasteiger partial charge in [-0.15, -0.1) is 0 Å². The lowest BCUT2D eigenvalue weighted by Crippen LogP contribution is -2.48. The summed E-state index contributed by atoms with van der Waals surface area (Å²) < 4.78 is 16.6. The molecule has 1 aliphatic heterocycles. The topological polar surface area (TPSA) is 77.1 Å². The number of ether oxygens (including phenoxy) is 3. The highest BCUT2D eigenvalue weighted by Gasteiger charge is 2.40. The number of hydrogen-bond donors (Lipinski definition) is 1. The monoisotopic (exact) mass is 438 g/mol. The van der Waals surface area contributed by atoms with Crippen molar-refractivity contribution in [3.8, 4) is 11.5 Å². The number of allylic oxidation sites excluding steroid dienone is 1. The van der Waals surface area contributed by atoms with Gasteiger partial charge in [-0.2, -0.15) is 0 Å². The van der Waals surface area contributed by atoms with Crippen LogP contribution in [0.4, 0.5) is 4.79 Å². The fourth-order valence-electron chi connectivity index (χ4n) is 3.91. The number of rotatable bonds is 7. The second kappa shape index (κ2) is 10.7. The molecule has 1 heterocycles. The van der Waals surface area contributed by atoms with Crippen LogP contribution in [0.5, 0.6) is 11.5 Å². The van der Waals surface area contributed by atoms with Gasteiger partial charge in [0, 0.05) is 44.1 Å². The van der Waals surface area contributed by atoms with Crippen molar-refractivity contribution in [3.63, 3.8) is 0 Å². The molecule has 2 aromatic rings. The van der Waals surface area contributed by atoms with E-state index in [4.69, 9.17) is 14.2 Å². The summed E-state index contributed by atoms with van der Waals surface area (Å²) in [6, 6.07) is 15.1. The highest BCUT2D eigenvalue weighted by atomic mass is 16.6. The predicted octanol–water partition coefficient (Wildman–Crippen LogP) is 4.02. The second-order valence-corrected chi connectivity index (χ2v) is 7.61. The Kier molecular flexibility index (Phi) is 7.76. The van der Waals surface area contributed by atoms with Crippen LogP contribution in [-0.2, 0) is 21.7 Å². The van der Waals surface area contributed by atoms with Crippen LogP contribution in [-0.4, -0.2) is 44.2 Å². The molecule has 0 unspecified atom stereocenters. The molecule has 2 aromatic carbocycles. The number of carbonyl (C=O) groups is 2. The third-order valence-corrected chi connectivity index (χ3v) is 5.70. The van der Waals surface area contributed by atoms with E-state index in [1.165, 1.54) is 0 Å². The van der Waals surface area contributed by atoms with Crippen LogP contribution in [0, 0.1) is 0 Å². The highest BCUT2D eigenvalue weighted by molar-refractivity contribution is 5.87. The molecule has 0 radical (unpaired) electrons. The van der Waals surface area contributed by atoms with Gasteiger partial charge in [-0.3, -0.25) is 4.79 Å². The van der Waals surface area contributed by atoms with E-state index in [1.807, 2.05) is 49.4 Å². The zero-order valence-electron chi connectivity index (χ0n) is 18.8. The van der Waals surface area contributed by atoms with Crippen molar-refractivity contribution in [2.45, 2.75) is 31.9 Å². The number of amides is 2. The van der Waals surface area contributed by atoms with Crippen molar-refractivity contribution in [1.82, 2.24) is 10.2 Å². The molecule has 0 aromatic heterocycles. The second-order valence-electron chi connectivity index (χ2n) is 7.61. The van der Waals surface area contributed by atoms with Crippen LogP contribution in [0.1, 0.15) is 30.9 Å². The highest BCUT2D eigenvalue weighted by Crippen LogP contribution is 2.37. The van der Waals surface area contributed by atoms with Gasteiger partial charge in [-0.1, -0.05) is 36.4 Å². The summed E-state index contributed by atoms with van der Waals surface area (Å²) >= 11 is 0. The predicted molar refractivity (Wildman–Crippen MR) is 122 cm³/mol. The smallest absolute Gasteiger partial charge is 0.408 e. The van der Waals surface area contributed by atoms with Crippen LogP contribution >= 0.6 is 0 Å². The molecular formula is C25H30N2O5. The summed E-state index contributed by atoms with van der Waals surface area (Å²) in [6.07, 6.45) is 3.84. The molecule has 0 aliphatic carbocycles. The van der Waals surface area contributed by atoms with E-state index in [-0.39, 0.29) is 12.5 Å². The van der Waals surface area contributed by atoms with Crippen molar-refractivity contribution >= 4 is 12.0 Å². The molecule has 3 rings (SSSR count). The minimum Gasteiger partial charge on any atom is -0.497 e. The number of benzene rings is 2. The third kappa shape index (κ3) is 5.41. The molecule has 0 atom stereocenters. The first-order valence-corrected chi connectivity index (χ1v) is 10.7. The molecule has 0 saturated carbocycles. The Morgan fingerprint density at radius 1 is 1.06 bits per heavy atom. The van der Waals surface area contributed by atoms with Gasteiger partial charge in [0.15, 0.2) is 0 Å². The third-order valence-electron chi connectivity index (χ3n) is 5.70. The fourth-order valence-corrected chi connectivity index (χ4v) is 3.91. The lowest BCUT2D eigenvalue weighted by Gasteiger charge is -2.41. The molecule has 170 valence electrons. The quantitative estimate of drug-likeness (QED) is 0.661. The van der Waals surface area contributed by atoms with Crippen molar-refractivity contribution in [2.24, 2.45) is 0 Å². The summed E-state index contributed by atoms with van der Waals surface area (Å²) in [4.78, 5) is 26.8. The maximum Gasteiger partial charge on any atom is 0.408 e. The zero-order chi connectivity index (χ0) is 23.0. The lowest BCUT2D eigenvalue weighted by atomic mass is 9.84. The summed E-state index contributed by atoms with van der Waals surface area (Å²) in [5, 5.41) is 2.83. The summed E-state index contributed by atoms with van der Waals surface area (Å²) in [7, 11) is 3.16. The van der Waals surface area contributed by atoms with E-state index in [0.29, 0.717) is 37.4 Å². The number of nitrogens with zero attached hydrogens (tertiary/aromatic N) is 1. The van der Waals surface area contributed by atoms with Crippen molar-refractivity contribution in [2.75, 3.05) is 27.3 Å². The Balaban J connectivity index is 1.71. The Labute approximate surface area is 189 Å². The minimum absolute atomic E-state index is 0.0230. The summed E-state index contributed by atoms with van der Waals surface area (Å²) in [6.45, 7) is 3.10. The van der Waals surface area contributed by atoms with Crippen LogP contribution in [0.2, 0.25) is 0 Å². The molecular weight excluding hydrogens is 408 g/mol. The van der Waals surface area contributed by atoms with Gasteiger partial charge in [0.05, 0.1) is 14.2 Å². The average molecular weight is 439 g/mol. The summed E-state index contributed by atoms with van der Waals surface area (Å²) in [5.41, 5.74) is 0.947. The zero-order valence-corrected chi connectivity index (χ0v) is 18.8. The molecule has 1 fully saturated rings. The Morgan fingerprint density at radius 2 is 1.78 bits per heavy atom. The number of hydrogen-bond acceptors (Lipinski definition) is 5. The van der Waals surface area contributed by atoms with E-state index in [1.54, 1.807) is 37.3 Å². The molecule has 1 N–H and O–H groups in total.